The minimum absolute atomic E-state index is 0.438. The number of nitrogens with zero attached hydrogens (tertiary/aromatic N) is 3. The lowest BCUT2D eigenvalue weighted by Crippen LogP contribution is -2.09. The van der Waals surface area contributed by atoms with Gasteiger partial charge in [-0.2, -0.15) is 10.4 Å². The number of anilines is 1. The second-order valence-electron chi connectivity index (χ2n) is 4.39. The third-order valence-corrected chi connectivity index (χ3v) is 4.16. The van der Waals surface area contributed by atoms with Crippen molar-refractivity contribution < 1.29 is 0 Å². The van der Waals surface area contributed by atoms with Gasteiger partial charge in [-0.15, -0.1) is 0 Å². The molecule has 0 saturated heterocycles. The summed E-state index contributed by atoms with van der Waals surface area (Å²) in [5, 5.41) is 17.6. The quantitative estimate of drug-likeness (QED) is 0.901. The summed E-state index contributed by atoms with van der Waals surface area (Å²) in [6, 6.07) is 7.32. The second-order valence-corrected chi connectivity index (χ2v) is 5.66. The van der Waals surface area contributed by atoms with Crippen molar-refractivity contribution in [2.45, 2.75) is 19.4 Å². The summed E-state index contributed by atoms with van der Waals surface area (Å²) < 4.78 is 2.53. The second kappa shape index (κ2) is 6.29. The molecule has 0 aliphatic rings. The zero-order valence-corrected chi connectivity index (χ0v) is 13.5. The molecule has 0 bridgehead atoms. The average molecular weight is 354 g/mol. The molecule has 0 radical (unpaired) electrons. The number of hydrogen-bond acceptors (Lipinski definition) is 3. The lowest BCUT2D eigenvalue weighted by molar-refractivity contribution is 0.746. The molecule has 2 aromatic rings. The molecular formula is C14H14BrClN4. The van der Waals surface area contributed by atoms with Crippen LogP contribution < -0.4 is 5.32 Å². The summed E-state index contributed by atoms with van der Waals surface area (Å²) in [7, 11) is 1.86. The third kappa shape index (κ3) is 3.14. The van der Waals surface area contributed by atoms with Gasteiger partial charge in [0.25, 0.3) is 0 Å². The molecule has 104 valence electrons. The lowest BCUT2D eigenvalue weighted by Gasteiger charge is -2.13. The largest absolute Gasteiger partial charge is 0.366 e. The molecule has 4 nitrogen and oxygen atoms in total. The molecule has 1 N–H and O–H groups in total. The van der Waals surface area contributed by atoms with Crippen molar-refractivity contribution in [1.29, 1.82) is 5.26 Å². The number of aryl methyl sites for hydroxylation is 2. The number of rotatable bonds is 4. The fourth-order valence-electron chi connectivity index (χ4n) is 2.00. The molecule has 6 heteroatoms. The summed E-state index contributed by atoms with van der Waals surface area (Å²) in [5.74, 6) is 0. The molecule has 1 heterocycles. The Kier molecular flexibility index (Phi) is 4.69. The first-order chi connectivity index (χ1) is 9.55. The zero-order chi connectivity index (χ0) is 14.7. The summed E-state index contributed by atoms with van der Waals surface area (Å²) in [5.41, 5.74) is 2.67. The molecule has 2 rings (SSSR count). The van der Waals surface area contributed by atoms with Crippen LogP contribution in [0.5, 0.6) is 0 Å². The Morgan fingerprint density at radius 1 is 1.55 bits per heavy atom. The maximum absolute atomic E-state index is 9.41. The van der Waals surface area contributed by atoms with E-state index in [1.165, 1.54) is 0 Å². The minimum atomic E-state index is -0.438. The fraction of sp³-hybridized carbons (Fsp3) is 0.286. The van der Waals surface area contributed by atoms with Gasteiger partial charge in [0.05, 0.1) is 16.8 Å². The smallest absolute Gasteiger partial charge is 0.143 e. The van der Waals surface area contributed by atoms with Gasteiger partial charge < -0.3 is 5.32 Å². The van der Waals surface area contributed by atoms with Crippen LogP contribution in [0, 0.1) is 11.3 Å². The predicted molar refractivity (Wildman–Crippen MR) is 83.7 cm³/mol. The van der Waals surface area contributed by atoms with E-state index in [4.69, 9.17) is 11.6 Å². The summed E-state index contributed by atoms with van der Waals surface area (Å²) in [6.45, 7) is 2.03. The number of hydrogen-bond donors (Lipinski definition) is 1. The van der Waals surface area contributed by atoms with Crippen LogP contribution in [0.4, 0.5) is 5.69 Å². The predicted octanol–water partition coefficient (Wildman–Crippen LogP) is 4.08. The Balaban J connectivity index is 2.29. The number of aromatic nitrogens is 2. The zero-order valence-electron chi connectivity index (χ0n) is 11.2. The molecule has 20 heavy (non-hydrogen) atoms. The van der Waals surface area contributed by atoms with Gasteiger partial charge in [-0.25, -0.2) is 0 Å². The van der Waals surface area contributed by atoms with Gasteiger partial charge in [-0.3, -0.25) is 4.68 Å². The van der Waals surface area contributed by atoms with Crippen molar-refractivity contribution in [1.82, 2.24) is 9.78 Å². The van der Waals surface area contributed by atoms with Crippen molar-refractivity contribution in [3.05, 3.63) is 45.1 Å². The third-order valence-electron chi connectivity index (χ3n) is 2.94. The van der Waals surface area contributed by atoms with Crippen molar-refractivity contribution in [2.75, 3.05) is 5.32 Å². The van der Waals surface area contributed by atoms with Crippen LogP contribution in [-0.4, -0.2) is 9.78 Å². The van der Waals surface area contributed by atoms with E-state index in [2.05, 4.69) is 32.4 Å². The molecule has 0 spiro atoms. The molecular weight excluding hydrogens is 340 g/mol. The fourth-order valence-corrected chi connectivity index (χ4v) is 2.50. The van der Waals surface area contributed by atoms with E-state index in [0.29, 0.717) is 5.02 Å². The normalized spacial score (nSPS) is 11.9. The van der Waals surface area contributed by atoms with Crippen LogP contribution >= 0.6 is 27.5 Å². The van der Waals surface area contributed by atoms with Crippen LogP contribution in [0.2, 0.25) is 5.02 Å². The first-order valence-electron chi connectivity index (χ1n) is 6.18. The summed E-state index contributed by atoms with van der Waals surface area (Å²) in [4.78, 5) is 0. The summed E-state index contributed by atoms with van der Waals surface area (Å²) >= 11 is 9.34. The molecule has 0 aliphatic carbocycles. The number of halogens is 2. The molecule has 1 unspecified atom stereocenters. The van der Waals surface area contributed by atoms with Crippen LogP contribution in [-0.2, 0) is 13.5 Å². The van der Waals surface area contributed by atoms with Crippen molar-refractivity contribution in [3.8, 4) is 6.07 Å². The van der Waals surface area contributed by atoms with Crippen LogP contribution in [0.25, 0.3) is 0 Å². The van der Waals surface area contributed by atoms with Crippen molar-refractivity contribution in [2.24, 2.45) is 7.05 Å². The van der Waals surface area contributed by atoms with Crippen LogP contribution in [0.15, 0.2) is 28.9 Å². The van der Waals surface area contributed by atoms with Gasteiger partial charge in [0.15, 0.2) is 0 Å². The van der Waals surface area contributed by atoms with Gasteiger partial charge in [-0.05, 0) is 40.5 Å². The lowest BCUT2D eigenvalue weighted by atomic mass is 10.1. The Morgan fingerprint density at radius 3 is 2.90 bits per heavy atom. The molecule has 1 aromatic carbocycles. The molecule has 1 atom stereocenters. The van der Waals surface area contributed by atoms with Gasteiger partial charge in [0.2, 0.25) is 0 Å². The molecule has 1 aromatic heterocycles. The first-order valence-corrected chi connectivity index (χ1v) is 7.35. The van der Waals surface area contributed by atoms with E-state index in [0.717, 1.165) is 27.8 Å². The Labute approximate surface area is 131 Å². The van der Waals surface area contributed by atoms with E-state index >= 15 is 0 Å². The Morgan fingerprint density at radius 2 is 2.30 bits per heavy atom. The maximum Gasteiger partial charge on any atom is 0.143 e. The van der Waals surface area contributed by atoms with Crippen molar-refractivity contribution in [3.63, 3.8) is 0 Å². The van der Waals surface area contributed by atoms with Crippen molar-refractivity contribution >= 4 is 33.2 Å². The summed E-state index contributed by atoms with van der Waals surface area (Å²) in [6.07, 6.45) is 2.67. The molecule has 0 fully saturated rings. The first kappa shape index (κ1) is 14.9. The standard InChI is InChI=1S/C14H14BrClN4/c1-3-13-10(8-20(2)19-13)14(7-17)18-9-4-5-12(16)11(15)6-9/h4-6,8,14,18H,3H2,1-2H3. The highest BCUT2D eigenvalue weighted by atomic mass is 79.9. The Hall–Kier alpha value is -1.51. The van der Waals surface area contributed by atoms with E-state index in [1.54, 1.807) is 10.7 Å². The number of benzene rings is 1. The molecule has 0 saturated carbocycles. The van der Waals surface area contributed by atoms with Gasteiger partial charge in [-0.1, -0.05) is 18.5 Å². The molecule has 0 aliphatic heterocycles. The van der Waals surface area contributed by atoms with E-state index in [-0.39, 0.29) is 0 Å². The average Bonchev–Trinajstić information content (AvgIpc) is 2.81. The highest BCUT2D eigenvalue weighted by Crippen LogP contribution is 2.28. The van der Waals surface area contributed by atoms with E-state index < -0.39 is 6.04 Å². The van der Waals surface area contributed by atoms with Gasteiger partial charge >= 0.3 is 0 Å². The number of nitrogens with one attached hydrogen (secondary N) is 1. The van der Waals surface area contributed by atoms with E-state index in [9.17, 15) is 5.26 Å². The van der Waals surface area contributed by atoms with E-state index in [1.807, 2.05) is 32.3 Å². The highest BCUT2D eigenvalue weighted by molar-refractivity contribution is 9.10. The minimum Gasteiger partial charge on any atom is -0.366 e. The molecule has 0 amide bonds. The number of nitriles is 1. The highest BCUT2D eigenvalue weighted by Gasteiger charge is 2.17. The maximum atomic E-state index is 9.41. The Bertz CT molecular complexity index is 660. The van der Waals surface area contributed by atoms with Gasteiger partial charge in [0, 0.05) is 29.0 Å². The topological polar surface area (TPSA) is 53.6 Å². The van der Waals surface area contributed by atoms with Gasteiger partial charge in [0.1, 0.15) is 6.04 Å². The SMILES string of the molecule is CCc1nn(C)cc1C(C#N)Nc1ccc(Cl)c(Br)c1. The van der Waals surface area contributed by atoms with Crippen LogP contribution in [0.3, 0.4) is 0 Å². The monoisotopic (exact) mass is 352 g/mol. The van der Waals surface area contributed by atoms with Crippen LogP contribution in [0.1, 0.15) is 24.2 Å².